The van der Waals surface area contributed by atoms with Crippen molar-refractivity contribution in [2.45, 2.75) is 57.9 Å². The molecule has 1 fully saturated rings. The quantitative estimate of drug-likeness (QED) is 0.769. The highest BCUT2D eigenvalue weighted by Gasteiger charge is 2.35. The van der Waals surface area contributed by atoms with E-state index in [9.17, 15) is 18.0 Å². The van der Waals surface area contributed by atoms with E-state index in [4.69, 9.17) is 4.74 Å². The first-order valence-corrected chi connectivity index (χ1v) is 9.79. The van der Waals surface area contributed by atoms with Crippen LogP contribution in [0.1, 0.15) is 54.7 Å². The summed E-state index contributed by atoms with van der Waals surface area (Å²) in [6.45, 7) is 7.42. The Morgan fingerprint density at radius 1 is 1.39 bits per heavy atom. The average Bonchev–Trinajstić information content (AvgIpc) is 3.27. The number of hydrogen-bond donors (Lipinski definition) is 0. The number of rotatable bonds is 3. The van der Waals surface area contributed by atoms with Crippen LogP contribution in [0.25, 0.3) is 0 Å². The Labute approximate surface area is 164 Å². The largest absolute Gasteiger partial charge is 0.435 e. The number of nitrogens with zero attached hydrogens (tertiary/aromatic N) is 4. The number of hydrogen-bond acceptors (Lipinski definition) is 4. The van der Waals surface area contributed by atoms with Crippen molar-refractivity contribution in [1.29, 1.82) is 0 Å². The Balaban J connectivity index is 1.98. The molecule has 3 rings (SSSR count). The molecule has 28 heavy (non-hydrogen) atoms. The highest BCUT2D eigenvalue weighted by atomic mass is 32.1. The molecule has 10 heteroatoms. The summed E-state index contributed by atoms with van der Waals surface area (Å²) in [6.07, 6.45) is -0.703. The smallest absolute Gasteiger partial charge is 0.376 e. The summed E-state index contributed by atoms with van der Waals surface area (Å²) in [4.78, 5) is 18.2. The average molecular weight is 416 g/mol. The minimum atomic E-state index is -4.61. The van der Waals surface area contributed by atoms with Crippen LogP contribution >= 0.6 is 11.3 Å². The third-order valence-corrected chi connectivity index (χ3v) is 5.92. The van der Waals surface area contributed by atoms with Crippen LogP contribution in [0.15, 0.2) is 17.3 Å². The Morgan fingerprint density at radius 2 is 2.11 bits per heavy atom. The zero-order valence-electron chi connectivity index (χ0n) is 16.2. The van der Waals surface area contributed by atoms with Gasteiger partial charge in [-0.2, -0.15) is 23.3 Å². The molecule has 0 bridgehead atoms. The second-order valence-electron chi connectivity index (χ2n) is 7.87. The van der Waals surface area contributed by atoms with Gasteiger partial charge in [-0.05, 0) is 18.3 Å². The third kappa shape index (κ3) is 4.54. The van der Waals surface area contributed by atoms with Gasteiger partial charge in [0.25, 0.3) is 5.91 Å². The zero-order valence-corrected chi connectivity index (χ0v) is 17.0. The molecule has 1 atom stereocenters. The fraction of sp³-hybridized carbons (Fsp3) is 0.611. The number of aromatic nitrogens is 3. The lowest BCUT2D eigenvalue weighted by atomic mass is 9.95. The van der Waals surface area contributed by atoms with Crippen LogP contribution in [-0.4, -0.2) is 33.0 Å². The SMILES string of the molecule is Cn1nc(C(F)(F)F)cc1C(=O)N=c1sc(C(C)(C)C)cn1C[C@H]1CCCO1. The van der Waals surface area contributed by atoms with E-state index < -0.39 is 17.8 Å². The molecule has 1 aliphatic rings. The standard InChI is InChI=1S/C18H23F3N4O2S/c1-17(2,3)14-10-25(9-11-6-5-7-27-11)16(28-14)22-15(26)12-8-13(18(19,20)21)23-24(12)4/h8,10-11H,5-7,9H2,1-4H3/t11-/m1/s1. The van der Waals surface area contributed by atoms with Gasteiger partial charge < -0.3 is 9.30 Å². The molecular formula is C18H23F3N4O2S. The number of halogens is 3. The van der Waals surface area contributed by atoms with Crippen LogP contribution in [0.2, 0.25) is 0 Å². The van der Waals surface area contributed by atoms with Gasteiger partial charge in [0.15, 0.2) is 10.5 Å². The first-order valence-electron chi connectivity index (χ1n) is 8.98. The van der Waals surface area contributed by atoms with Gasteiger partial charge >= 0.3 is 6.18 Å². The predicted molar refractivity (Wildman–Crippen MR) is 98.1 cm³/mol. The molecule has 0 spiro atoms. The normalized spacial score (nSPS) is 18.8. The first-order chi connectivity index (χ1) is 12.9. The summed E-state index contributed by atoms with van der Waals surface area (Å²) in [7, 11) is 1.30. The number of amides is 1. The first kappa shape index (κ1) is 20.8. The van der Waals surface area contributed by atoms with E-state index >= 15 is 0 Å². The van der Waals surface area contributed by atoms with E-state index in [-0.39, 0.29) is 17.2 Å². The number of alkyl halides is 3. The molecule has 3 heterocycles. The minimum Gasteiger partial charge on any atom is -0.376 e. The second kappa shape index (κ2) is 7.47. The summed E-state index contributed by atoms with van der Waals surface area (Å²) in [5.41, 5.74) is -1.46. The van der Waals surface area contributed by atoms with E-state index in [2.05, 4.69) is 30.9 Å². The molecule has 0 saturated carbocycles. The van der Waals surface area contributed by atoms with E-state index in [0.29, 0.717) is 18.0 Å². The van der Waals surface area contributed by atoms with Gasteiger partial charge in [0, 0.05) is 30.8 Å². The molecule has 0 radical (unpaired) electrons. The number of ether oxygens (including phenoxy) is 1. The van der Waals surface area contributed by atoms with Crippen LogP contribution in [0.3, 0.4) is 0 Å². The fourth-order valence-electron chi connectivity index (χ4n) is 2.90. The van der Waals surface area contributed by atoms with Crippen molar-refractivity contribution in [2.24, 2.45) is 12.0 Å². The van der Waals surface area contributed by atoms with Crippen LogP contribution in [0, 0.1) is 0 Å². The number of carbonyl (C=O) groups excluding carboxylic acids is 1. The lowest BCUT2D eigenvalue weighted by Crippen LogP contribution is -2.23. The van der Waals surface area contributed by atoms with Crippen molar-refractivity contribution >= 4 is 17.2 Å². The number of thiazole rings is 1. The van der Waals surface area contributed by atoms with E-state index in [1.165, 1.54) is 18.4 Å². The summed E-state index contributed by atoms with van der Waals surface area (Å²) < 4.78 is 47.0. The molecule has 6 nitrogen and oxygen atoms in total. The van der Waals surface area contributed by atoms with Crippen LogP contribution in [0.4, 0.5) is 13.2 Å². The molecule has 1 saturated heterocycles. The van der Waals surface area contributed by atoms with Gasteiger partial charge in [0.05, 0.1) is 12.6 Å². The van der Waals surface area contributed by atoms with Gasteiger partial charge in [-0.1, -0.05) is 20.8 Å². The summed E-state index contributed by atoms with van der Waals surface area (Å²) in [5, 5.41) is 3.38. The highest BCUT2D eigenvalue weighted by molar-refractivity contribution is 7.09. The third-order valence-electron chi connectivity index (χ3n) is 4.47. The van der Waals surface area contributed by atoms with Crippen LogP contribution in [0.5, 0.6) is 0 Å². The molecule has 154 valence electrons. The molecule has 0 aliphatic carbocycles. The van der Waals surface area contributed by atoms with E-state index in [1.807, 2.05) is 10.8 Å². The Bertz CT molecular complexity index is 928. The molecule has 2 aromatic heterocycles. The lowest BCUT2D eigenvalue weighted by molar-refractivity contribution is -0.141. The van der Waals surface area contributed by atoms with Crippen molar-refractivity contribution < 1.29 is 22.7 Å². The van der Waals surface area contributed by atoms with Gasteiger partial charge in [-0.25, -0.2) is 0 Å². The monoisotopic (exact) mass is 416 g/mol. The molecule has 0 unspecified atom stereocenters. The van der Waals surface area contributed by atoms with Crippen molar-refractivity contribution in [3.05, 3.63) is 33.3 Å². The Hall–Kier alpha value is -1.94. The molecular weight excluding hydrogens is 393 g/mol. The summed E-state index contributed by atoms with van der Waals surface area (Å²) in [5.74, 6) is -0.756. The van der Waals surface area contributed by atoms with E-state index in [0.717, 1.165) is 28.5 Å². The molecule has 2 aromatic rings. The van der Waals surface area contributed by atoms with Gasteiger partial charge in [0.2, 0.25) is 0 Å². The maximum absolute atomic E-state index is 12.9. The number of carbonyl (C=O) groups is 1. The summed E-state index contributed by atoms with van der Waals surface area (Å²) in [6, 6.07) is 0.731. The van der Waals surface area contributed by atoms with Crippen molar-refractivity contribution in [3.8, 4) is 0 Å². The van der Waals surface area contributed by atoms with Gasteiger partial charge in [-0.15, -0.1) is 11.3 Å². The van der Waals surface area contributed by atoms with Gasteiger partial charge in [-0.3, -0.25) is 9.48 Å². The zero-order chi connectivity index (χ0) is 20.7. The Morgan fingerprint density at radius 3 is 2.64 bits per heavy atom. The van der Waals surface area contributed by atoms with Crippen LogP contribution in [-0.2, 0) is 29.9 Å². The predicted octanol–water partition coefficient (Wildman–Crippen LogP) is 3.52. The maximum Gasteiger partial charge on any atom is 0.435 e. The van der Waals surface area contributed by atoms with E-state index in [1.54, 1.807) is 0 Å². The van der Waals surface area contributed by atoms with Crippen molar-refractivity contribution in [3.63, 3.8) is 0 Å². The van der Waals surface area contributed by atoms with Crippen LogP contribution < -0.4 is 4.80 Å². The molecule has 0 N–H and O–H groups in total. The highest BCUT2D eigenvalue weighted by Crippen LogP contribution is 2.29. The number of aryl methyl sites for hydroxylation is 1. The molecule has 1 aliphatic heterocycles. The minimum absolute atomic E-state index is 0.0463. The van der Waals surface area contributed by atoms with Crippen molar-refractivity contribution in [1.82, 2.24) is 14.3 Å². The van der Waals surface area contributed by atoms with Gasteiger partial charge in [0.1, 0.15) is 5.69 Å². The molecule has 0 aromatic carbocycles. The Kier molecular flexibility index (Phi) is 5.55. The topological polar surface area (TPSA) is 61.4 Å². The lowest BCUT2D eigenvalue weighted by Gasteiger charge is -2.15. The fourth-order valence-corrected chi connectivity index (χ4v) is 3.96. The van der Waals surface area contributed by atoms with Crippen molar-refractivity contribution in [2.75, 3.05) is 6.61 Å². The second-order valence-corrected chi connectivity index (χ2v) is 8.88. The summed E-state index contributed by atoms with van der Waals surface area (Å²) >= 11 is 1.36. The maximum atomic E-state index is 12.9. The molecule has 1 amide bonds.